The average Bonchev–Trinajstić information content (AvgIpc) is 2.92. The molecule has 0 aliphatic heterocycles. The standard InChI is InChI=1S/C16H33O8P.C14H5NO.2Na.11H2/c1-2-3-4-5-6-7-8-9-10-11-16(18)24-15(12-22-14-17)13-23-25(19,20)21;1-3-4-5-6-7-8-9-10-11-12-13-15-14(2)16;;;;;;;;;;;;;/h15,17H,2-14H2,1H3,(H2,19,20,21);1H,2H3,(H,15,16);;;11*1H/q;;2*+1;;;;;;;;;;;/p-2/t15-;;;;;;;;;;;;;;/m0............../s1. The molecule has 0 spiro atoms. The number of esters is 1. The number of unbranched alkanes of at least 4 members (excludes halogenated alkanes) is 8. The van der Waals surface area contributed by atoms with Crippen molar-refractivity contribution in [1.29, 1.82) is 0 Å². The molecule has 0 aliphatic carbocycles. The van der Waals surface area contributed by atoms with Crippen LogP contribution < -0.4 is 74.2 Å². The van der Waals surface area contributed by atoms with Crippen molar-refractivity contribution in [1.82, 2.24) is 5.32 Å². The van der Waals surface area contributed by atoms with Crippen LogP contribution in [0.4, 0.5) is 0 Å². The van der Waals surface area contributed by atoms with Gasteiger partial charge in [0.25, 0.3) is 0 Å². The number of phosphoric ester groups is 1. The molecule has 10 nitrogen and oxygen atoms in total. The van der Waals surface area contributed by atoms with E-state index in [0.29, 0.717) is 6.42 Å². The SMILES string of the molecule is C#CC#CC#CC#CC#CC#CNC(C)=O.CCCCCCCCCCCC(=O)O[C@@H](COCO)COP(=O)([O-])[O-].[HH].[HH].[HH].[HH].[HH].[HH].[HH].[HH].[HH].[HH].[HH].[Na+].[Na+]. The minimum atomic E-state index is -5.15. The Balaban J connectivity index is -0.0000000367. The van der Waals surface area contributed by atoms with Crippen LogP contribution in [0.5, 0.6) is 0 Å². The number of ether oxygens (including phenoxy) is 2. The van der Waals surface area contributed by atoms with E-state index in [4.69, 9.17) is 16.3 Å². The summed E-state index contributed by atoms with van der Waals surface area (Å²) in [7, 11) is -5.15. The first-order valence-corrected chi connectivity index (χ1v) is 14.4. The maximum atomic E-state index is 11.7. The van der Waals surface area contributed by atoms with Crippen LogP contribution in [0, 0.1) is 71.7 Å². The van der Waals surface area contributed by atoms with E-state index in [-0.39, 0.29) is 93.7 Å². The second-order valence-electron chi connectivity index (χ2n) is 8.01. The molecule has 0 bridgehead atoms. The Hall–Kier alpha value is -1.67. The van der Waals surface area contributed by atoms with Crippen molar-refractivity contribution >= 4 is 19.7 Å². The van der Waals surface area contributed by atoms with E-state index >= 15 is 0 Å². The minimum Gasteiger partial charge on any atom is -0.790 e. The van der Waals surface area contributed by atoms with Crippen LogP contribution in [0.25, 0.3) is 0 Å². The molecule has 0 heterocycles. The van der Waals surface area contributed by atoms with E-state index in [2.05, 4.69) is 86.7 Å². The third-order valence-electron chi connectivity index (χ3n) is 4.47. The molecule has 0 unspecified atom stereocenters. The Labute approximate surface area is 317 Å². The maximum Gasteiger partial charge on any atom is 1.00 e. The Morgan fingerprint density at radius 1 is 0.860 bits per heavy atom. The summed E-state index contributed by atoms with van der Waals surface area (Å²) in [5.41, 5.74) is 0. The summed E-state index contributed by atoms with van der Waals surface area (Å²) in [5, 5.41) is 10.8. The van der Waals surface area contributed by atoms with Crippen molar-refractivity contribution in [2.75, 3.05) is 20.0 Å². The molecular formula is C30H58NNa2O9P. The van der Waals surface area contributed by atoms with Gasteiger partial charge in [-0.2, -0.15) is 0 Å². The van der Waals surface area contributed by atoms with Crippen molar-refractivity contribution in [3.05, 3.63) is 0 Å². The number of carbonyl (C=O) groups excluding carboxylic acids is 2. The van der Waals surface area contributed by atoms with Gasteiger partial charge in [-0.25, -0.2) is 0 Å². The number of amides is 1. The number of aliphatic hydroxyl groups excluding tert-OH is 1. The molecule has 1 amide bonds. The van der Waals surface area contributed by atoms with Crippen molar-refractivity contribution in [2.24, 2.45) is 0 Å². The van der Waals surface area contributed by atoms with Crippen molar-refractivity contribution < 1.29 is 118 Å². The van der Waals surface area contributed by atoms with E-state index in [1.54, 1.807) is 0 Å². The topological polar surface area (TPSA) is 157 Å². The van der Waals surface area contributed by atoms with Crippen molar-refractivity contribution in [3.8, 4) is 71.7 Å². The Kier molecular flexibility index (Phi) is 41.0. The number of hydrogen-bond donors (Lipinski definition) is 2. The van der Waals surface area contributed by atoms with Gasteiger partial charge in [-0.1, -0.05) is 58.3 Å². The average molecular weight is 654 g/mol. The van der Waals surface area contributed by atoms with Crippen LogP contribution in [-0.4, -0.2) is 43.1 Å². The number of terminal acetylenes is 1. The molecule has 0 rings (SSSR count). The first kappa shape index (κ1) is 48.2. The summed E-state index contributed by atoms with van der Waals surface area (Å²) >= 11 is 0. The van der Waals surface area contributed by atoms with Gasteiger partial charge < -0.3 is 33.5 Å². The molecule has 0 aliphatic rings. The zero-order valence-corrected chi connectivity index (χ0v) is 30.4. The molecule has 0 aromatic carbocycles. The quantitative estimate of drug-likeness (QED) is 0.0347. The summed E-state index contributed by atoms with van der Waals surface area (Å²) in [6, 6.07) is 2.33. The van der Waals surface area contributed by atoms with E-state index in [1.807, 2.05) is 0 Å². The van der Waals surface area contributed by atoms with Gasteiger partial charge in [0, 0.05) is 64.7 Å². The molecule has 0 saturated carbocycles. The van der Waals surface area contributed by atoms with Gasteiger partial charge in [0.1, 0.15) is 12.9 Å². The minimum absolute atomic E-state index is 0. The molecule has 244 valence electrons. The summed E-state index contributed by atoms with van der Waals surface area (Å²) in [6.45, 7) is 2.06. The number of rotatable bonds is 17. The van der Waals surface area contributed by atoms with Crippen LogP contribution >= 0.6 is 7.82 Å². The monoisotopic (exact) mass is 653 g/mol. The van der Waals surface area contributed by atoms with Gasteiger partial charge in [-0.3, -0.25) is 14.9 Å². The Morgan fingerprint density at radius 3 is 1.81 bits per heavy atom. The molecule has 0 radical (unpaired) electrons. The molecule has 0 fully saturated rings. The van der Waals surface area contributed by atoms with Crippen LogP contribution in [0.1, 0.15) is 93.7 Å². The number of aliphatic hydroxyl groups is 1. The molecule has 0 aromatic heterocycles. The molecule has 2 N–H and O–H groups in total. The second kappa shape index (κ2) is 36.5. The van der Waals surface area contributed by atoms with Gasteiger partial charge in [-0.15, -0.1) is 6.42 Å². The molecular weight excluding hydrogens is 595 g/mol. The fraction of sp³-hybridized carbons (Fsp3) is 0.533. The van der Waals surface area contributed by atoms with E-state index in [1.165, 1.54) is 39.0 Å². The summed E-state index contributed by atoms with van der Waals surface area (Å²) in [4.78, 5) is 43.0. The third kappa shape index (κ3) is 44.9. The summed E-state index contributed by atoms with van der Waals surface area (Å²) < 4.78 is 24.2. The number of hydrogen-bond acceptors (Lipinski definition) is 9. The third-order valence-corrected chi connectivity index (χ3v) is 4.93. The first-order valence-electron chi connectivity index (χ1n) is 12.9. The first-order chi connectivity index (χ1) is 19.7. The molecule has 0 saturated heterocycles. The Bertz CT molecular complexity index is 1210. The summed E-state index contributed by atoms with van der Waals surface area (Å²) in [5.74, 6) is 23.0. The van der Waals surface area contributed by atoms with Crippen LogP contribution in [0.2, 0.25) is 0 Å². The fourth-order valence-electron chi connectivity index (χ4n) is 2.70. The number of carbonyl (C=O) groups is 2. The second-order valence-corrected chi connectivity index (χ2v) is 9.16. The van der Waals surface area contributed by atoms with Crippen molar-refractivity contribution in [2.45, 2.75) is 84.2 Å². The molecule has 1 atom stereocenters. The molecule has 0 aromatic rings. The fourth-order valence-corrected chi connectivity index (χ4v) is 3.05. The maximum absolute atomic E-state index is 11.7. The van der Waals surface area contributed by atoms with E-state index in [0.717, 1.165) is 19.3 Å². The number of nitrogens with one attached hydrogen (secondary N) is 1. The van der Waals surface area contributed by atoms with Crippen LogP contribution in [-0.2, 0) is 28.2 Å². The zero-order valence-electron chi connectivity index (χ0n) is 25.5. The smallest absolute Gasteiger partial charge is 0.790 e. The van der Waals surface area contributed by atoms with Gasteiger partial charge >= 0.3 is 65.1 Å². The zero-order chi connectivity index (χ0) is 31.0. The van der Waals surface area contributed by atoms with Gasteiger partial charge in [0.15, 0.2) is 0 Å². The van der Waals surface area contributed by atoms with Crippen LogP contribution in [0.3, 0.4) is 0 Å². The Morgan fingerprint density at radius 2 is 1.35 bits per heavy atom. The normalized spacial score (nSPS) is 9.30. The van der Waals surface area contributed by atoms with Crippen LogP contribution in [0.15, 0.2) is 0 Å². The van der Waals surface area contributed by atoms with E-state index in [9.17, 15) is 23.9 Å². The predicted octanol–water partition coefficient (Wildman–Crippen LogP) is -1.92. The number of phosphoric acid groups is 1. The molecule has 13 heteroatoms. The van der Waals surface area contributed by atoms with Gasteiger partial charge in [0.05, 0.1) is 21.0 Å². The summed E-state index contributed by atoms with van der Waals surface area (Å²) in [6.07, 6.45) is 14.1. The van der Waals surface area contributed by atoms with Crippen molar-refractivity contribution in [3.63, 3.8) is 0 Å². The van der Waals surface area contributed by atoms with E-state index < -0.39 is 33.3 Å². The largest absolute Gasteiger partial charge is 1.00 e. The van der Waals surface area contributed by atoms with Gasteiger partial charge in [-0.05, 0) is 36.0 Å². The predicted molar refractivity (Wildman–Crippen MR) is 173 cm³/mol. The van der Waals surface area contributed by atoms with Gasteiger partial charge in [0.2, 0.25) is 5.91 Å². The molecule has 43 heavy (non-hydrogen) atoms.